The normalized spacial score (nSPS) is 11.9. The Kier molecular flexibility index (Phi) is 17.9. The summed E-state index contributed by atoms with van der Waals surface area (Å²) in [6, 6.07) is 175. The highest BCUT2D eigenvalue weighted by Crippen LogP contribution is 2.48. The molecule has 0 fully saturated rings. The van der Waals surface area contributed by atoms with Crippen LogP contribution in [-0.4, -0.2) is 28.7 Å². The molecule has 0 aliphatic heterocycles. The van der Waals surface area contributed by atoms with Crippen molar-refractivity contribution in [3.05, 3.63) is 485 Å². The zero-order valence-electron chi connectivity index (χ0n) is 73.4. The van der Waals surface area contributed by atoms with Crippen LogP contribution < -0.4 is 0 Å². The molecular formula is C129H80N6. The first-order chi connectivity index (χ1) is 67.0. The van der Waals surface area contributed by atoms with Gasteiger partial charge in [-0.05, 0) is 156 Å². The molecule has 626 valence electrons. The summed E-state index contributed by atoms with van der Waals surface area (Å²) in [6.45, 7) is 0. The second kappa shape index (κ2) is 31.4. The van der Waals surface area contributed by atoms with E-state index in [9.17, 15) is 0 Å². The molecule has 0 spiro atoms. The fraction of sp³-hybridized carbons (Fsp3) is 0. The van der Waals surface area contributed by atoms with Crippen LogP contribution in [0.5, 0.6) is 0 Å². The Balaban J connectivity index is 0.000000104. The minimum absolute atomic E-state index is 1.03. The first-order valence-corrected chi connectivity index (χ1v) is 46.4. The molecule has 0 N–H and O–H groups in total. The Bertz CT molecular complexity index is 9470. The standard InChI is InChI=1S/C51H32N2.2C39H24N2/c1-3-12-33(13-4-1)37-24-28-47-45(31-37)46-32-38(34-14-5-2-6-15-34)25-29-48(46)53(47)40-19-11-18-39(30-40)49-43-26-22-35-16-7-9-20-41(35)50(43)52-51-42-21-10-8-17-36(42)23-27-44(49)51;1-3-14-29-25(10-1)20-22-33-37(34-23-21-26-11-2-4-15-30(26)39(34)40-38(29)33)27-12-9-13-28(24-27)41-35-18-7-5-16-31(35)32-17-6-8-19-36(32)41;1-3-11-29-25(9-1)19-23-33-37(34-24-20-26-10-2-4-12-30(26)39(34)40-38(29)33)27-17-21-28(22-18-27)41-35-15-7-5-13-31(35)32-14-6-8-16-36(32)41/h1-32H;2*1-24H. The number of aromatic nitrogens is 6. The van der Waals surface area contributed by atoms with Crippen molar-refractivity contribution in [1.82, 2.24) is 28.7 Å². The van der Waals surface area contributed by atoms with Crippen molar-refractivity contribution in [3.8, 4) is 72.7 Å². The molecule has 0 unspecified atom stereocenters. The van der Waals surface area contributed by atoms with E-state index >= 15 is 0 Å². The number of rotatable bonds is 8. The molecule has 0 saturated carbocycles. The lowest BCUT2D eigenvalue weighted by molar-refractivity contribution is 1.18. The highest BCUT2D eigenvalue weighted by Gasteiger charge is 2.24. The quantitative estimate of drug-likeness (QED) is 0.113. The molecule has 0 aliphatic carbocycles. The van der Waals surface area contributed by atoms with E-state index in [1.807, 2.05) is 0 Å². The molecule has 0 atom stereocenters. The van der Waals surface area contributed by atoms with Crippen molar-refractivity contribution in [2.75, 3.05) is 0 Å². The van der Waals surface area contributed by atoms with Gasteiger partial charge >= 0.3 is 0 Å². The molecule has 0 radical (unpaired) electrons. The Hall–Kier alpha value is -18.0. The van der Waals surface area contributed by atoms with Crippen molar-refractivity contribution in [1.29, 1.82) is 0 Å². The number of benzene rings is 23. The average Bonchev–Trinajstić information content (AvgIpc) is 0.972. The Morgan fingerprint density at radius 3 is 0.644 bits per heavy atom. The summed E-state index contributed by atoms with van der Waals surface area (Å²) in [5.41, 5.74) is 29.0. The van der Waals surface area contributed by atoms with Gasteiger partial charge in [0.1, 0.15) is 0 Å². The Morgan fingerprint density at radius 1 is 0.119 bits per heavy atom. The summed E-state index contributed by atoms with van der Waals surface area (Å²) in [6.07, 6.45) is 0. The van der Waals surface area contributed by atoms with Crippen molar-refractivity contribution in [2.24, 2.45) is 0 Å². The van der Waals surface area contributed by atoms with E-state index in [2.05, 4.69) is 499 Å². The van der Waals surface area contributed by atoms with Gasteiger partial charge in [0.25, 0.3) is 0 Å². The maximum Gasteiger partial charge on any atom is 0.0794 e. The topological polar surface area (TPSA) is 53.5 Å². The van der Waals surface area contributed by atoms with E-state index < -0.39 is 0 Å². The average molecular weight is 1710 g/mol. The summed E-state index contributed by atoms with van der Waals surface area (Å²) < 4.78 is 7.21. The van der Waals surface area contributed by atoms with E-state index in [0.29, 0.717) is 0 Å². The van der Waals surface area contributed by atoms with Crippen molar-refractivity contribution >= 4 is 195 Å². The number of hydrogen-bond donors (Lipinski definition) is 0. The monoisotopic (exact) mass is 1710 g/mol. The third kappa shape index (κ3) is 12.6. The number of para-hydroxylation sites is 4. The van der Waals surface area contributed by atoms with Crippen LogP contribution in [0, 0.1) is 0 Å². The van der Waals surface area contributed by atoms with E-state index in [-0.39, 0.29) is 0 Å². The lowest BCUT2D eigenvalue weighted by Gasteiger charge is -2.16. The van der Waals surface area contributed by atoms with Crippen LogP contribution in [-0.2, 0) is 0 Å². The lowest BCUT2D eigenvalue weighted by atomic mass is 9.92. The largest absolute Gasteiger partial charge is 0.309 e. The summed E-state index contributed by atoms with van der Waals surface area (Å²) in [4.78, 5) is 16.1. The molecule has 135 heavy (non-hydrogen) atoms. The zero-order chi connectivity index (χ0) is 88.7. The van der Waals surface area contributed by atoms with Gasteiger partial charge in [0.15, 0.2) is 0 Å². The van der Waals surface area contributed by atoms with E-state index in [4.69, 9.17) is 15.0 Å². The van der Waals surface area contributed by atoms with Gasteiger partial charge in [-0.2, -0.15) is 0 Å². The molecule has 0 amide bonds. The predicted molar refractivity (Wildman–Crippen MR) is 573 cm³/mol. The van der Waals surface area contributed by atoms with Gasteiger partial charge in [0, 0.05) is 131 Å². The number of pyridine rings is 3. The summed E-state index contributed by atoms with van der Waals surface area (Å²) in [5.74, 6) is 0. The molecule has 6 nitrogen and oxygen atoms in total. The molecule has 29 aromatic rings. The van der Waals surface area contributed by atoms with Gasteiger partial charge < -0.3 is 13.7 Å². The van der Waals surface area contributed by atoms with Gasteiger partial charge in [-0.1, -0.05) is 400 Å². The smallest absolute Gasteiger partial charge is 0.0794 e. The second-order valence-corrected chi connectivity index (χ2v) is 35.5. The first kappa shape index (κ1) is 77.0. The Morgan fingerprint density at radius 2 is 0.348 bits per heavy atom. The van der Waals surface area contributed by atoms with Crippen molar-refractivity contribution in [3.63, 3.8) is 0 Å². The van der Waals surface area contributed by atoms with Crippen molar-refractivity contribution in [2.45, 2.75) is 0 Å². The predicted octanol–water partition coefficient (Wildman–Crippen LogP) is 34.7. The summed E-state index contributed by atoms with van der Waals surface area (Å²) in [7, 11) is 0. The van der Waals surface area contributed by atoms with Crippen LogP contribution >= 0.6 is 0 Å². The van der Waals surface area contributed by atoms with Crippen molar-refractivity contribution < 1.29 is 0 Å². The van der Waals surface area contributed by atoms with Crippen LogP contribution in [0.1, 0.15) is 0 Å². The molecule has 6 aromatic heterocycles. The molecule has 0 bridgehead atoms. The first-order valence-electron chi connectivity index (χ1n) is 46.4. The lowest BCUT2D eigenvalue weighted by Crippen LogP contribution is -1.96. The molecule has 23 aromatic carbocycles. The zero-order valence-corrected chi connectivity index (χ0v) is 73.4. The molecular weight excluding hydrogens is 1630 g/mol. The third-order valence-corrected chi connectivity index (χ3v) is 28.0. The van der Waals surface area contributed by atoms with Crippen LogP contribution in [0.15, 0.2) is 485 Å². The highest BCUT2D eigenvalue weighted by atomic mass is 15.0. The maximum absolute atomic E-state index is 5.44. The second-order valence-electron chi connectivity index (χ2n) is 35.5. The van der Waals surface area contributed by atoms with E-state index in [1.54, 1.807) is 0 Å². The number of fused-ring (bicyclic) bond motifs is 27. The van der Waals surface area contributed by atoms with Crippen LogP contribution in [0.4, 0.5) is 0 Å². The summed E-state index contributed by atoms with van der Waals surface area (Å²) >= 11 is 0. The van der Waals surface area contributed by atoms with Gasteiger partial charge in [-0.3, -0.25) is 0 Å². The van der Waals surface area contributed by atoms with E-state index in [0.717, 1.165) is 60.9 Å². The van der Waals surface area contributed by atoms with Crippen LogP contribution in [0.3, 0.4) is 0 Å². The Labute approximate surface area is 776 Å². The number of nitrogens with zero attached hydrogens (tertiary/aromatic N) is 6. The minimum Gasteiger partial charge on any atom is -0.309 e. The summed E-state index contributed by atoms with van der Waals surface area (Å²) in [5, 5.41) is 28.9. The van der Waals surface area contributed by atoms with Crippen LogP contribution in [0.2, 0.25) is 0 Å². The van der Waals surface area contributed by atoms with E-state index in [1.165, 1.54) is 207 Å². The molecule has 6 heteroatoms. The SMILES string of the molecule is c1cc(-c2c3ccc4ccccc4c3nc3c2ccc2ccccc23)cc(-n2c3ccccc3c3ccccc32)c1.c1ccc(-c2ccc3c(c2)c2cc(-c4ccccc4)ccc2n3-c2cccc(-c3c4ccc5ccccc5c4nc4c3ccc3ccccc34)c2)cc1.c1ccc2c(c1)ccc1c(-c3ccc(-n4c5ccccc5c5ccccc54)cc3)c3ccc4ccccc4c3nc12. The third-order valence-electron chi connectivity index (χ3n) is 28.0. The molecule has 0 saturated heterocycles. The van der Waals surface area contributed by atoms with Gasteiger partial charge in [0.05, 0.1) is 66.2 Å². The highest BCUT2D eigenvalue weighted by molar-refractivity contribution is 6.26. The fourth-order valence-electron chi connectivity index (χ4n) is 21.9. The molecule has 29 rings (SSSR count). The van der Waals surface area contributed by atoms with Gasteiger partial charge in [-0.25, -0.2) is 15.0 Å². The van der Waals surface area contributed by atoms with Crippen LogP contribution in [0.25, 0.3) is 268 Å². The van der Waals surface area contributed by atoms with Gasteiger partial charge in [-0.15, -0.1) is 0 Å². The maximum atomic E-state index is 5.44. The fourth-order valence-corrected chi connectivity index (χ4v) is 21.9. The number of hydrogen-bond acceptors (Lipinski definition) is 3. The minimum atomic E-state index is 1.03. The molecule has 0 aliphatic rings. The van der Waals surface area contributed by atoms with Gasteiger partial charge in [0.2, 0.25) is 0 Å². The molecule has 6 heterocycles.